The summed E-state index contributed by atoms with van der Waals surface area (Å²) >= 11 is 12.2. The molecule has 3 aromatic rings. The Morgan fingerprint density at radius 1 is 1.05 bits per heavy atom. The highest BCUT2D eigenvalue weighted by molar-refractivity contribution is 7.93. The van der Waals surface area contributed by atoms with Crippen LogP contribution in [0.25, 0.3) is 10.8 Å². The molecule has 0 bridgehead atoms. The molecule has 0 saturated heterocycles. The lowest BCUT2D eigenvalue weighted by Gasteiger charge is -2.29. The van der Waals surface area contributed by atoms with E-state index in [1.165, 1.54) is 9.21 Å². The number of hydrogen-bond acceptors (Lipinski definition) is 4. The summed E-state index contributed by atoms with van der Waals surface area (Å²) in [6, 6.07) is 15.1. The number of nitrogens with zero attached hydrogens (tertiary/aromatic N) is 2. The summed E-state index contributed by atoms with van der Waals surface area (Å²) in [5, 5.41) is 5.17. The first-order valence-electron chi connectivity index (χ1n) is 12.2. The number of carbonyl (C=O) groups is 2. The Hall–Kier alpha value is -2.81. The van der Waals surface area contributed by atoms with Crippen LogP contribution < -0.4 is 9.62 Å². The molecule has 0 radical (unpaired) electrons. The van der Waals surface area contributed by atoms with Gasteiger partial charge in [-0.3, -0.25) is 13.9 Å². The Morgan fingerprint density at radius 3 is 2.49 bits per heavy atom. The molecule has 10 heteroatoms. The summed E-state index contributed by atoms with van der Waals surface area (Å²) in [7, 11) is -3.70. The van der Waals surface area contributed by atoms with Gasteiger partial charge in [-0.1, -0.05) is 60.5 Å². The average Bonchev–Trinajstić information content (AvgIpc) is 3.10. The van der Waals surface area contributed by atoms with Crippen LogP contribution in [0.1, 0.15) is 38.7 Å². The molecule has 4 rings (SSSR count). The quantitative estimate of drug-likeness (QED) is 0.360. The fraction of sp³-hybridized carbons (Fsp3) is 0.333. The molecule has 0 fully saturated rings. The van der Waals surface area contributed by atoms with E-state index in [0.717, 1.165) is 17.4 Å². The van der Waals surface area contributed by atoms with Gasteiger partial charge in [-0.05, 0) is 55.0 Å². The molecule has 37 heavy (non-hydrogen) atoms. The van der Waals surface area contributed by atoms with Gasteiger partial charge in [-0.15, -0.1) is 0 Å². The number of amides is 2. The zero-order valence-corrected chi connectivity index (χ0v) is 23.0. The van der Waals surface area contributed by atoms with Crippen molar-refractivity contribution in [2.75, 3.05) is 17.4 Å². The van der Waals surface area contributed by atoms with Crippen molar-refractivity contribution in [1.82, 2.24) is 10.2 Å². The number of carbonyl (C=O) groups excluding carboxylic acids is 2. The molecular weight excluding hydrogens is 533 g/mol. The zero-order valence-electron chi connectivity index (χ0n) is 20.7. The van der Waals surface area contributed by atoms with Crippen molar-refractivity contribution < 1.29 is 18.0 Å². The van der Waals surface area contributed by atoms with E-state index in [1.807, 2.05) is 25.1 Å². The molecule has 0 aliphatic carbocycles. The minimum atomic E-state index is -3.70. The number of rotatable bonds is 10. The Kier molecular flexibility index (Phi) is 8.31. The topological polar surface area (TPSA) is 86.8 Å². The SMILES string of the molecule is CCCNC(=O)[C@@H](C)N(Cc1ccc(Cl)c(Cl)c1)C(=O)CCCN1c2cccc3cccc(c23)S1(=O)=O. The van der Waals surface area contributed by atoms with Crippen LogP contribution in [-0.4, -0.2) is 44.3 Å². The summed E-state index contributed by atoms with van der Waals surface area (Å²) in [6.45, 7) is 4.47. The summed E-state index contributed by atoms with van der Waals surface area (Å²) in [5.41, 5.74) is 1.36. The highest BCUT2D eigenvalue weighted by Gasteiger charge is 2.35. The van der Waals surface area contributed by atoms with Gasteiger partial charge < -0.3 is 10.2 Å². The summed E-state index contributed by atoms with van der Waals surface area (Å²) in [4.78, 5) is 27.9. The van der Waals surface area contributed by atoms with Crippen molar-refractivity contribution >= 4 is 61.5 Å². The second kappa shape index (κ2) is 11.3. The first kappa shape index (κ1) is 27.2. The molecule has 3 aromatic carbocycles. The van der Waals surface area contributed by atoms with E-state index >= 15 is 0 Å². The van der Waals surface area contributed by atoms with Crippen LogP contribution >= 0.6 is 23.2 Å². The fourth-order valence-corrected chi connectivity index (χ4v) is 6.60. The van der Waals surface area contributed by atoms with Crippen LogP contribution in [0.4, 0.5) is 5.69 Å². The monoisotopic (exact) mass is 561 g/mol. The van der Waals surface area contributed by atoms with E-state index in [1.54, 1.807) is 43.3 Å². The van der Waals surface area contributed by atoms with Gasteiger partial charge in [0.1, 0.15) is 6.04 Å². The zero-order chi connectivity index (χ0) is 26.7. The Bertz CT molecular complexity index is 1440. The average molecular weight is 563 g/mol. The number of anilines is 1. The van der Waals surface area contributed by atoms with E-state index in [-0.39, 0.29) is 36.2 Å². The lowest BCUT2D eigenvalue weighted by molar-refractivity contribution is -0.140. The minimum Gasteiger partial charge on any atom is -0.354 e. The minimum absolute atomic E-state index is 0.0745. The number of hydrogen-bond donors (Lipinski definition) is 1. The van der Waals surface area contributed by atoms with Gasteiger partial charge in [-0.2, -0.15) is 0 Å². The van der Waals surface area contributed by atoms with E-state index in [2.05, 4.69) is 5.32 Å². The van der Waals surface area contributed by atoms with Crippen molar-refractivity contribution in [2.24, 2.45) is 0 Å². The van der Waals surface area contributed by atoms with Gasteiger partial charge in [-0.25, -0.2) is 8.42 Å². The maximum absolute atomic E-state index is 13.4. The molecule has 196 valence electrons. The maximum atomic E-state index is 13.4. The smallest absolute Gasteiger partial charge is 0.265 e. The van der Waals surface area contributed by atoms with Crippen LogP contribution in [0.3, 0.4) is 0 Å². The predicted octanol–water partition coefficient (Wildman–Crippen LogP) is 5.38. The standard InChI is InChI=1S/C27H29Cl2N3O4S/c1-3-14-30-27(34)18(2)31(17-19-12-13-21(28)22(29)16-19)25(33)11-6-15-32-23-9-4-7-20-8-5-10-24(26(20)23)37(32,35)36/h4-5,7-10,12-13,16,18H,3,6,11,14-15,17H2,1-2H3,(H,30,34)/t18-/m1/s1. The molecule has 1 aliphatic rings. The van der Waals surface area contributed by atoms with Crippen LogP contribution in [0, 0.1) is 0 Å². The molecule has 0 aromatic heterocycles. The van der Waals surface area contributed by atoms with Crippen LogP contribution in [-0.2, 0) is 26.2 Å². The summed E-state index contributed by atoms with van der Waals surface area (Å²) < 4.78 is 27.8. The highest BCUT2D eigenvalue weighted by Crippen LogP contribution is 2.42. The van der Waals surface area contributed by atoms with Crippen molar-refractivity contribution in [3.63, 3.8) is 0 Å². The lowest BCUT2D eigenvalue weighted by Crippen LogP contribution is -2.47. The van der Waals surface area contributed by atoms with Gasteiger partial charge >= 0.3 is 0 Å². The third kappa shape index (κ3) is 5.56. The third-order valence-electron chi connectivity index (χ3n) is 6.49. The van der Waals surface area contributed by atoms with Crippen LogP contribution in [0.15, 0.2) is 59.5 Å². The van der Waals surface area contributed by atoms with Gasteiger partial charge in [0.15, 0.2) is 0 Å². The Morgan fingerprint density at radius 2 is 1.78 bits per heavy atom. The first-order valence-corrected chi connectivity index (χ1v) is 14.4. The third-order valence-corrected chi connectivity index (χ3v) is 9.08. The van der Waals surface area contributed by atoms with Crippen LogP contribution in [0.2, 0.25) is 10.0 Å². The highest BCUT2D eigenvalue weighted by atomic mass is 35.5. The number of nitrogens with one attached hydrogen (secondary N) is 1. The molecule has 1 aliphatic heterocycles. The second-order valence-electron chi connectivity index (χ2n) is 9.05. The van der Waals surface area contributed by atoms with Crippen molar-refractivity contribution in [3.05, 3.63) is 70.2 Å². The molecule has 0 spiro atoms. The molecule has 1 heterocycles. The second-order valence-corrected chi connectivity index (χ2v) is 11.7. The van der Waals surface area contributed by atoms with Gasteiger partial charge in [0.05, 0.1) is 20.6 Å². The largest absolute Gasteiger partial charge is 0.354 e. The summed E-state index contributed by atoms with van der Waals surface area (Å²) in [6.07, 6.45) is 1.15. The molecule has 7 nitrogen and oxygen atoms in total. The van der Waals surface area contributed by atoms with Gasteiger partial charge in [0, 0.05) is 31.4 Å². The van der Waals surface area contributed by atoms with Crippen molar-refractivity contribution in [1.29, 1.82) is 0 Å². The van der Waals surface area contributed by atoms with Crippen molar-refractivity contribution in [2.45, 2.75) is 50.6 Å². The lowest BCUT2D eigenvalue weighted by atomic mass is 10.1. The van der Waals surface area contributed by atoms with Crippen molar-refractivity contribution in [3.8, 4) is 0 Å². The first-order chi connectivity index (χ1) is 17.6. The molecular formula is C27H29Cl2N3O4S. The van der Waals surface area contributed by atoms with Gasteiger partial charge in [0.25, 0.3) is 10.0 Å². The van der Waals surface area contributed by atoms with E-state index in [0.29, 0.717) is 34.1 Å². The number of benzene rings is 3. The summed E-state index contributed by atoms with van der Waals surface area (Å²) in [5.74, 6) is -0.503. The molecule has 1 N–H and O–H groups in total. The normalized spacial score (nSPS) is 14.5. The molecule has 2 amide bonds. The molecule has 0 unspecified atom stereocenters. The van der Waals surface area contributed by atoms with E-state index in [4.69, 9.17) is 23.2 Å². The van der Waals surface area contributed by atoms with Gasteiger partial charge in [0.2, 0.25) is 11.8 Å². The predicted molar refractivity (Wildman–Crippen MR) is 147 cm³/mol. The Balaban J connectivity index is 1.50. The Labute approximate surface area is 227 Å². The number of halogens is 2. The van der Waals surface area contributed by atoms with E-state index in [9.17, 15) is 18.0 Å². The number of sulfonamides is 1. The molecule has 0 saturated carbocycles. The molecule has 1 atom stereocenters. The van der Waals surface area contributed by atoms with E-state index < -0.39 is 16.1 Å². The maximum Gasteiger partial charge on any atom is 0.265 e. The fourth-order valence-electron chi connectivity index (χ4n) is 4.53. The van der Waals surface area contributed by atoms with Crippen LogP contribution in [0.5, 0.6) is 0 Å².